The third kappa shape index (κ3) is 4.49. The van der Waals surface area contributed by atoms with Gasteiger partial charge in [-0.15, -0.1) is 10.2 Å². The van der Waals surface area contributed by atoms with Crippen molar-refractivity contribution in [1.82, 2.24) is 19.3 Å². The predicted octanol–water partition coefficient (Wildman–Crippen LogP) is 2.46. The highest BCUT2D eigenvalue weighted by atomic mass is 35.5. The zero-order valence-corrected chi connectivity index (χ0v) is 18.2. The van der Waals surface area contributed by atoms with E-state index in [1.165, 1.54) is 11.6 Å². The van der Waals surface area contributed by atoms with Gasteiger partial charge in [-0.2, -0.15) is 0 Å². The number of aromatic nitrogens is 4. The van der Waals surface area contributed by atoms with Crippen molar-refractivity contribution in [1.29, 1.82) is 0 Å². The van der Waals surface area contributed by atoms with Crippen molar-refractivity contribution in [3.63, 3.8) is 0 Å². The molecule has 30 heavy (non-hydrogen) atoms. The van der Waals surface area contributed by atoms with Gasteiger partial charge in [0.15, 0.2) is 5.78 Å². The van der Waals surface area contributed by atoms with Gasteiger partial charge in [0.2, 0.25) is 5.89 Å². The van der Waals surface area contributed by atoms with Gasteiger partial charge < -0.3 is 10.2 Å². The van der Waals surface area contributed by atoms with E-state index in [0.717, 1.165) is 16.3 Å². The fraction of sp³-hybridized carbons (Fsp3) is 0.316. The van der Waals surface area contributed by atoms with Gasteiger partial charge in [0, 0.05) is 24.2 Å². The van der Waals surface area contributed by atoms with E-state index in [4.69, 9.17) is 21.8 Å². The second-order valence-corrected chi connectivity index (χ2v) is 8.37. The molecule has 2 N–H and O–H groups in total. The summed E-state index contributed by atoms with van der Waals surface area (Å²) in [6, 6.07) is 6.86. The second kappa shape index (κ2) is 8.88. The average molecular weight is 450 g/mol. The number of ketones is 1. The topological polar surface area (TPSA) is 126 Å². The number of hydrogen-bond donors (Lipinski definition) is 1. The van der Waals surface area contributed by atoms with Gasteiger partial charge in [-0.25, -0.2) is 4.79 Å². The molecule has 0 saturated carbocycles. The summed E-state index contributed by atoms with van der Waals surface area (Å²) in [6.07, 6.45) is 0. The third-order valence-electron chi connectivity index (χ3n) is 4.23. The van der Waals surface area contributed by atoms with Crippen molar-refractivity contribution in [3.05, 3.63) is 55.7 Å². The van der Waals surface area contributed by atoms with Crippen LogP contribution in [0.25, 0.3) is 11.5 Å². The molecule has 3 rings (SSSR count). The molecule has 0 aliphatic heterocycles. The first kappa shape index (κ1) is 21.8. The summed E-state index contributed by atoms with van der Waals surface area (Å²) in [5.41, 5.74) is 5.20. The number of carbonyl (C=O) groups excluding carboxylic acids is 1. The van der Waals surface area contributed by atoms with Crippen LogP contribution >= 0.6 is 23.4 Å². The molecule has 0 aliphatic rings. The van der Waals surface area contributed by atoms with Crippen LogP contribution in [0.1, 0.15) is 24.2 Å². The maximum atomic E-state index is 12.7. The van der Waals surface area contributed by atoms with Crippen molar-refractivity contribution >= 4 is 35.0 Å². The van der Waals surface area contributed by atoms with Crippen molar-refractivity contribution < 1.29 is 9.21 Å². The molecule has 0 aliphatic carbocycles. The molecular formula is C19H20ClN5O4S. The first-order valence-corrected chi connectivity index (χ1v) is 10.4. The molecule has 0 atom stereocenters. The highest BCUT2D eigenvalue weighted by Gasteiger charge is 2.22. The van der Waals surface area contributed by atoms with E-state index in [2.05, 4.69) is 10.2 Å². The van der Waals surface area contributed by atoms with E-state index in [9.17, 15) is 14.4 Å². The Morgan fingerprint density at radius 3 is 2.53 bits per heavy atom. The van der Waals surface area contributed by atoms with E-state index in [1.807, 2.05) is 13.8 Å². The number of Topliss-reactive ketones (excluding diaryl/α,β-unsaturated/α-hetero) is 1. The minimum absolute atomic E-state index is 0.101. The van der Waals surface area contributed by atoms with Gasteiger partial charge in [-0.1, -0.05) is 37.2 Å². The molecule has 0 unspecified atom stereocenters. The highest BCUT2D eigenvalue weighted by Crippen LogP contribution is 2.25. The van der Waals surface area contributed by atoms with Crippen LogP contribution in [0.5, 0.6) is 0 Å². The van der Waals surface area contributed by atoms with Crippen molar-refractivity contribution in [3.8, 4) is 11.5 Å². The third-order valence-corrected chi connectivity index (χ3v) is 5.30. The molecule has 0 spiro atoms. The Kier molecular flexibility index (Phi) is 6.47. The number of thioether (sulfide) groups is 1. The number of nitrogen functional groups attached to an aromatic ring is 1. The van der Waals surface area contributed by atoms with Crippen LogP contribution in [0.3, 0.4) is 0 Å². The first-order valence-electron chi connectivity index (χ1n) is 9.03. The Bertz CT molecular complexity index is 1200. The monoisotopic (exact) mass is 449 g/mol. The number of benzene rings is 1. The zero-order chi connectivity index (χ0) is 22.0. The number of hydrogen-bond acceptors (Lipinski definition) is 8. The molecule has 9 nitrogen and oxygen atoms in total. The number of rotatable bonds is 7. The van der Waals surface area contributed by atoms with Crippen LogP contribution in [0.15, 0.2) is 43.5 Å². The van der Waals surface area contributed by atoms with Crippen molar-refractivity contribution in [2.45, 2.75) is 25.6 Å². The standard InChI is InChI=1S/C19H20ClN5O4S/c1-10(2)8-25-15(21)14(17(27)24(3)19(25)28)13(26)9-30-18-23-22-16(29-18)11-4-6-12(20)7-5-11/h4-7,10H,8-9,21H2,1-3H3. The molecule has 0 radical (unpaired) electrons. The quantitative estimate of drug-likeness (QED) is 0.430. The van der Waals surface area contributed by atoms with Gasteiger partial charge in [0.05, 0.1) is 5.75 Å². The maximum absolute atomic E-state index is 12.7. The highest BCUT2D eigenvalue weighted by molar-refractivity contribution is 7.99. The van der Waals surface area contributed by atoms with E-state index in [-0.39, 0.29) is 34.2 Å². The summed E-state index contributed by atoms with van der Waals surface area (Å²) in [5, 5.41) is 8.60. The minimum Gasteiger partial charge on any atom is -0.411 e. The largest absolute Gasteiger partial charge is 0.411 e. The van der Waals surface area contributed by atoms with Crippen molar-refractivity contribution in [2.24, 2.45) is 13.0 Å². The maximum Gasteiger partial charge on any atom is 0.332 e. The average Bonchev–Trinajstić information content (AvgIpc) is 3.17. The number of nitrogens with two attached hydrogens (primary N) is 1. The van der Waals surface area contributed by atoms with Gasteiger partial charge in [0.25, 0.3) is 10.8 Å². The second-order valence-electron chi connectivity index (χ2n) is 7.00. The molecule has 0 saturated heterocycles. The van der Waals surface area contributed by atoms with Crippen LogP contribution in [-0.2, 0) is 13.6 Å². The molecule has 0 bridgehead atoms. The molecule has 2 aromatic heterocycles. The molecule has 2 heterocycles. The van der Waals surface area contributed by atoms with Crippen LogP contribution in [0.4, 0.5) is 5.82 Å². The summed E-state index contributed by atoms with van der Waals surface area (Å²) in [4.78, 5) is 37.6. The van der Waals surface area contributed by atoms with Crippen LogP contribution < -0.4 is 17.0 Å². The SMILES string of the molecule is CC(C)Cn1c(N)c(C(=O)CSc2nnc(-c3ccc(Cl)cc3)o2)c(=O)n(C)c1=O. The lowest BCUT2D eigenvalue weighted by molar-refractivity contribution is 0.102. The number of carbonyl (C=O) groups is 1. The molecular weight excluding hydrogens is 430 g/mol. The van der Waals surface area contributed by atoms with Gasteiger partial charge in [0.1, 0.15) is 11.4 Å². The normalized spacial score (nSPS) is 11.2. The lowest BCUT2D eigenvalue weighted by atomic mass is 10.2. The first-order chi connectivity index (χ1) is 14.2. The number of halogens is 1. The molecule has 1 aromatic carbocycles. The molecule has 0 fully saturated rings. The van der Waals surface area contributed by atoms with Crippen LogP contribution in [0.2, 0.25) is 5.02 Å². The van der Waals surface area contributed by atoms with Gasteiger partial charge >= 0.3 is 5.69 Å². The van der Waals surface area contributed by atoms with E-state index in [1.54, 1.807) is 24.3 Å². The summed E-state index contributed by atoms with van der Waals surface area (Å²) in [6.45, 7) is 4.10. The molecule has 3 aromatic rings. The van der Waals surface area contributed by atoms with Crippen molar-refractivity contribution in [2.75, 3.05) is 11.5 Å². The Hall–Kier alpha value is -2.85. The summed E-state index contributed by atoms with van der Waals surface area (Å²) in [7, 11) is 1.32. The Balaban J connectivity index is 1.82. The van der Waals surface area contributed by atoms with Gasteiger partial charge in [-0.05, 0) is 30.2 Å². The molecule has 158 valence electrons. The zero-order valence-electron chi connectivity index (χ0n) is 16.6. The lowest BCUT2D eigenvalue weighted by Gasteiger charge is -2.15. The van der Waals surface area contributed by atoms with Crippen LogP contribution in [0, 0.1) is 5.92 Å². The van der Waals surface area contributed by atoms with E-state index < -0.39 is 17.0 Å². The summed E-state index contributed by atoms with van der Waals surface area (Å²) >= 11 is 6.85. The fourth-order valence-corrected chi connectivity index (χ4v) is 3.52. The smallest absolute Gasteiger partial charge is 0.332 e. The number of nitrogens with zero attached hydrogens (tertiary/aromatic N) is 4. The summed E-state index contributed by atoms with van der Waals surface area (Å²) < 4.78 is 7.69. The lowest BCUT2D eigenvalue weighted by Crippen LogP contribution is -2.43. The van der Waals surface area contributed by atoms with E-state index >= 15 is 0 Å². The van der Waals surface area contributed by atoms with Gasteiger partial charge in [-0.3, -0.25) is 18.7 Å². The Morgan fingerprint density at radius 2 is 1.90 bits per heavy atom. The van der Waals surface area contributed by atoms with E-state index in [0.29, 0.717) is 17.1 Å². The summed E-state index contributed by atoms with van der Waals surface area (Å²) in [5.74, 6) is -0.426. The number of anilines is 1. The Morgan fingerprint density at radius 1 is 1.23 bits per heavy atom. The molecule has 0 amide bonds. The Labute approximate surface area is 180 Å². The minimum atomic E-state index is -0.726. The predicted molar refractivity (Wildman–Crippen MR) is 115 cm³/mol. The molecule has 11 heteroatoms. The fourth-order valence-electron chi connectivity index (χ4n) is 2.76. The van der Waals surface area contributed by atoms with Crippen LogP contribution in [-0.4, -0.2) is 30.9 Å².